The summed E-state index contributed by atoms with van der Waals surface area (Å²) in [6, 6.07) is 14.9. The normalized spacial score (nSPS) is 10.6. The van der Waals surface area contributed by atoms with E-state index in [1.807, 2.05) is 59.3 Å². The Kier molecular flexibility index (Phi) is 6.41. The average Bonchev–Trinajstić information content (AvgIpc) is 3.38. The van der Waals surface area contributed by atoms with Gasteiger partial charge in [0.1, 0.15) is 5.01 Å². The van der Waals surface area contributed by atoms with Gasteiger partial charge in [0.2, 0.25) is 11.8 Å². The van der Waals surface area contributed by atoms with Crippen LogP contribution in [0.15, 0.2) is 59.3 Å². The van der Waals surface area contributed by atoms with Crippen LogP contribution in [-0.2, 0) is 16.0 Å². The molecule has 0 unspecified atom stereocenters. The molecule has 0 spiro atoms. The Morgan fingerprint density at radius 2 is 1.77 bits per heavy atom. The number of halogens is 1. The van der Waals surface area contributed by atoms with Crippen LogP contribution in [0.1, 0.15) is 12.6 Å². The van der Waals surface area contributed by atoms with E-state index in [1.54, 1.807) is 0 Å². The maximum atomic E-state index is 12.4. The van der Waals surface area contributed by atoms with Crippen LogP contribution in [0.4, 0.5) is 10.8 Å². The van der Waals surface area contributed by atoms with Gasteiger partial charge in [0.15, 0.2) is 5.13 Å². The lowest BCUT2D eigenvalue weighted by molar-refractivity contribution is -0.116. The summed E-state index contributed by atoms with van der Waals surface area (Å²) in [7, 11) is 0. The summed E-state index contributed by atoms with van der Waals surface area (Å²) in [6.45, 7) is 1.47. The van der Waals surface area contributed by atoms with Gasteiger partial charge >= 0.3 is 0 Å². The number of nitrogens with one attached hydrogen (secondary N) is 2. The minimum Gasteiger partial charge on any atom is -0.326 e. The zero-order chi connectivity index (χ0) is 21.8. The molecule has 0 saturated carbocycles. The highest BCUT2D eigenvalue weighted by molar-refractivity contribution is 7.14. The average molecular weight is 469 g/mol. The van der Waals surface area contributed by atoms with E-state index in [-0.39, 0.29) is 18.2 Å². The van der Waals surface area contributed by atoms with Crippen LogP contribution in [0.3, 0.4) is 0 Å². The van der Waals surface area contributed by atoms with Gasteiger partial charge in [0, 0.05) is 39.5 Å². The van der Waals surface area contributed by atoms with Gasteiger partial charge in [-0.3, -0.25) is 9.59 Å². The first-order valence-corrected chi connectivity index (χ1v) is 11.4. The lowest BCUT2D eigenvalue weighted by atomic mass is 10.1. The van der Waals surface area contributed by atoms with Crippen LogP contribution in [0.2, 0.25) is 5.02 Å². The molecule has 0 aliphatic heterocycles. The van der Waals surface area contributed by atoms with E-state index in [1.165, 1.54) is 29.6 Å². The third-order valence-corrected chi connectivity index (χ3v) is 6.15. The van der Waals surface area contributed by atoms with Gasteiger partial charge in [-0.15, -0.1) is 22.7 Å². The summed E-state index contributed by atoms with van der Waals surface area (Å²) < 4.78 is 0. The molecule has 0 bridgehead atoms. The molecule has 0 aliphatic carbocycles. The molecule has 156 valence electrons. The molecular formula is C22H17ClN4O2S2. The van der Waals surface area contributed by atoms with E-state index in [2.05, 4.69) is 20.6 Å². The van der Waals surface area contributed by atoms with Gasteiger partial charge < -0.3 is 10.6 Å². The molecule has 31 heavy (non-hydrogen) atoms. The summed E-state index contributed by atoms with van der Waals surface area (Å²) in [5.74, 6) is -0.295. The first-order valence-electron chi connectivity index (χ1n) is 9.30. The molecule has 2 amide bonds. The molecule has 0 saturated heterocycles. The molecule has 0 radical (unpaired) electrons. The number of hydrogen-bond acceptors (Lipinski definition) is 6. The Balaban J connectivity index is 1.38. The van der Waals surface area contributed by atoms with Gasteiger partial charge in [-0.05, 0) is 24.3 Å². The molecule has 0 fully saturated rings. The van der Waals surface area contributed by atoms with Gasteiger partial charge in [0.25, 0.3) is 0 Å². The second-order valence-electron chi connectivity index (χ2n) is 6.68. The van der Waals surface area contributed by atoms with Crippen molar-refractivity contribution in [2.75, 3.05) is 10.6 Å². The lowest BCUT2D eigenvalue weighted by Crippen LogP contribution is -2.14. The number of anilines is 2. The quantitative estimate of drug-likeness (QED) is 0.378. The molecule has 4 aromatic rings. The number of aromatic nitrogens is 2. The van der Waals surface area contributed by atoms with Crippen LogP contribution in [0.25, 0.3) is 21.8 Å². The number of nitrogens with zero attached hydrogens (tertiary/aromatic N) is 2. The Bertz CT molecular complexity index is 1230. The number of carbonyl (C=O) groups is 2. The van der Waals surface area contributed by atoms with Gasteiger partial charge in [0.05, 0.1) is 17.8 Å². The Morgan fingerprint density at radius 1 is 0.968 bits per heavy atom. The number of carbonyl (C=O) groups excluding carboxylic acids is 2. The molecule has 0 atom stereocenters. The fraction of sp³-hybridized carbons (Fsp3) is 0.0909. The lowest BCUT2D eigenvalue weighted by Gasteiger charge is -2.03. The van der Waals surface area contributed by atoms with Crippen molar-refractivity contribution in [1.82, 2.24) is 9.97 Å². The first-order chi connectivity index (χ1) is 15.0. The topological polar surface area (TPSA) is 84.0 Å². The summed E-state index contributed by atoms with van der Waals surface area (Å²) >= 11 is 8.87. The van der Waals surface area contributed by atoms with Crippen LogP contribution in [0, 0.1) is 0 Å². The molecule has 0 aliphatic rings. The summed E-state index contributed by atoms with van der Waals surface area (Å²) in [4.78, 5) is 32.6. The Morgan fingerprint density at radius 3 is 2.52 bits per heavy atom. The first kappa shape index (κ1) is 21.2. The van der Waals surface area contributed by atoms with E-state index >= 15 is 0 Å². The molecule has 2 aromatic heterocycles. The van der Waals surface area contributed by atoms with Gasteiger partial charge in [-0.2, -0.15) is 0 Å². The highest BCUT2D eigenvalue weighted by Gasteiger charge is 2.12. The number of benzene rings is 2. The maximum Gasteiger partial charge on any atom is 0.232 e. The molecule has 2 heterocycles. The molecule has 6 nitrogen and oxygen atoms in total. The van der Waals surface area contributed by atoms with E-state index in [0.717, 1.165) is 27.5 Å². The number of amides is 2. The molecule has 9 heteroatoms. The van der Waals surface area contributed by atoms with Crippen molar-refractivity contribution in [3.05, 3.63) is 70.0 Å². The largest absolute Gasteiger partial charge is 0.326 e. The SMILES string of the molecule is CC(=O)Nc1ccc(-c2csc(NC(=O)Cc3csc(-c4cccc(Cl)c4)n3)n2)cc1. The molecule has 2 N–H and O–H groups in total. The monoisotopic (exact) mass is 468 g/mol. The second kappa shape index (κ2) is 9.38. The molecule has 4 rings (SSSR count). The third-order valence-electron chi connectivity index (χ3n) is 4.22. The van der Waals surface area contributed by atoms with Crippen molar-refractivity contribution in [1.29, 1.82) is 0 Å². The highest BCUT2D eigenvalue weighted by atomic mass is 35.5. The predicted octanol–water partition coefficient (Wildman–Crippen LogP) is 5.73. The van der Waals surface area contributed by atoms with Crippen molar-refractivity contribution in [3.63, 3.8) is 0 Å². The minimum atomic E-state index is -0.176. The summed E-state index contributed by atoms with van der Waals surface area (Å²) in [5.41, 5.74) is 4.00. The van der Waals surface area contributed by atoms with Crippen LogP contribution < -0.4 is 10.6 Å². The van der Waals surface area contributed by atoms with E-state index in [9.17, 15) is 9.59 Å². The second-order valence-corrected chi connectivity index (χ2v) is 8.83. The Labute approximate surface area is 192 Å². The number of thiazole rings is 2. The van der Waals surface area contributed by atoms with E-state index in [0.29, 0.717) is 15.8 Å². The molecular weight excluding hydrogens is 452 g/mol. The zero-order valence-corrected chi connectivity index (χ0v) is 18.8. The highest BCUT2D eigenvalue weighted by Crippen LogP contribution is 2.28. The van der Waals surface area contributed by atoms with Gasteiger partial charge in [-0.1, -0.05) is 35.9 Å². The smallest absolute Gasteiger partial charge is 0.232 e. The fourth-order valence-corrected chi connectivity index (χ4v) is 4.60. The number of hydrogen-bond donors (Lipinski definition) is 2. The zero-order valence-electron chi connectivity index (χ0n) is 16.4. The van der Waals surface area contributed by atoms with Crippen molar-refractivity contribution < 1.29 is 9.59 Å². The standard InChI is InChI=1S/C22H17ClN4O2S2/c1-13(28)24-17-7-5-14(6-8-17)19-12-31-22(26-19)27-20(29)10-18-11-30-21(25-18)15-3-2-4-16(23)9-15/h2-9,11-12H,10H2,1H3,(H,24,28)(H,26,27,29). The minimum absolute atomic E-state index is 0.119. The van der Waals surface area contributed by atoms with Crippen molar-refractivity contribution >= 4 is 56.9 Å². The van der Waals surface area contributed by atoms with Crippen LogP contribution >= 0.6 is 34.3 Å². The predicted molar refractivity (Wildman–Crippen MR) is 127 cm³/mol. The van der Waals surface area contributed by atoms with Gasteiger partial charge in [-0.25, -0.2) is 9.97 Å². The van der Waals surface area contributed by atoms with Crippen molar-refractivity contribution in [2.45, 2.75) is 13.3 Å². The van der Waals surface area contributed by atoms with Crippen LogP contribution in [-0.4, -0.2) is 21.8 Å². The summed E-state index contributed by atoms with van der Waals surface area (Å²) in [6.07, 6.45) is 0.164. The number of rotatable bonds is 6. The summed E-state index contributed by atoms with van der Waals surface area (Å²) in [5, 5.41) is 11.3. The van der Waals surface area contributed by atoms with Crippen molar-refractivity contribution in [2.24, 2.45) is 0 Å². The molecule has 2 aromatic carbocycles. The maximum absolute atomic E-state index is 12.4. The van der Waals surface area contributed by atoms with E-state index < -0.39 is 0 Å². The Hall–Kier alpha value is -3.07. The fourth-order valence-electron chi connectivity index (χ4n) is 2.86. The van der Waals surface area contributed by atoms with E-state index in [4.69, 9.17) is 11.6 Å². The van der Waals surface area contributed by atoms with Crippen molar-refractivity contribution in [3.8, 4) is 21.8 Å². The third kappa shape index (κ3) is 5.55. The van der Waals surface area contributed by atoms with Crippen LogP contribution in [0.5, 0.6) is 0 Å².